The van der Waals surface area contributed by atoms with Crippen LogP contribution in [-0.2, 0) is 11.3 Å². The highest BCUT2D eigenvalue weighted by Crippen LogP contribution is 2.09. The minimum absolute atomic E-state index is 0.111. The molecule has 0 aromatic carbocycles. The van der Waals surface area contributed by atoms with Gasteiger partial charge in [0.25, 0.3) is 0 Å². The maximum absolute atomic E-state index is 11.8. The van der Waals surface area contributed by atoms with E-state index in [2.05, 4.69) is 4.98 Å². The Morgan fingerprint density at radius 1 is 1.53 bits per heavy atom. The summed E-state index contributed by atoms with van der Waals surface area (Å²) in [6, 6.07) is 3.93. The summed E-state index contributed by atoms with van der Waals surface area (Å²) in [5.74, 6) is 0. The minimum Gasteiger partial charge on any atom is -0.449 e. The zero-order valence-corrected chi connectivity index (χ0v) is 10.7. The molecule has 0 aliphatic rings. The molecular weight excluding hydrogens is 216 g/mol. The zero-order chi connectivity index (χ0) is 12.7. The third-order valence-electron chi connectivity index (χ3n) is 2.36. The topological polar surface area (TPSA) is 42.4 Å². The van der Waals surface area contributed by atoms with E-state index in [9.17, 15) is 4.79 Å². The molecule has 0 saturated heterocycles. The van der Waals surface area contributed by atoms with Crippen LogP contribution in [0.1, 0.15) is 32.8 Å². The third-order valence-corrected chi connectivity index (χ3v) is 2.36. The quantitative estimate of drug-likeness (QED) is 0.789. The van der Waals surface area contributed by atoms with Crippen LogP contribution in [0, 0.1) is 0 Å². The molecule has 1 amide bonds. The molecular formula is C13H20N2O2. The van der Waals surface area contributed by atoms with Crippen LogP contribution >= 0.6 is 0 Å². The Balaban J connectivity index is 2.63. The maximum Gasteiger partial charge on any atom is 0.410 e. The Bertz CT molecular complexity index is 339. The Kier molecular flexibility index (Phi) is 5.46. The smallest absolute Gasteiger partial charge is 0.410 e. The number of ether oxygens (including phenoxy) is 1. The number of hydrogen-bond acceptors (Lipinski definition) is 3. The zero-order valence-electron chi connectivity index (χ0n) is 10.7. The van der Waals surface area contributed by atoms with Crippen LogP contribution in [0.15, 0.2) is 24.5 Å². The monoisotopic (exact) mass is 236 g/mol. The van der Waals surface area contributed by atoms with E-state index in [1.54, 1.807) is 17.3 Å². The number of carbonyl (C=O) groups is 1. The Labute approximate surface area is 103 Å². The largest absolute Gasteiger partial charge is 0.449 e. The summed E-state index contributed by atoms with van der Waals surface area (Å²) in [5.41, 5.74) is 1.01. The summed E-state index contributed by atoms with van der Waals surface area (Å²) in [7, 11) is 0. The maximum atomic E-state index is 11.8. The predicted octanol–water partition coefficient (Wildman–Crippen LogP) is 2.84. The normalized spacial score (nSPS) is 10.4. The lowest BCUT2D eigenvalue weighted by Crippen LogP contribution is -2.37. The molecule has 94 valence electrons. The average Bonchev–Trinajstić information content (AvgIpc) is 2.34. The van der Waals surface area contributed by atoms with Crippen molar-refractivity contribution in [1.29, 1.82) is 0 Å². The van der Waals surface area contributed by atoms with Gasteiger partial charge in [-0.3, -0.25) is 4.98 Å². The molecule has 0 aliphatic heterocycles. The number of amides is 1. The fourth-order valence-corrected chi connectivity index (χ4v) is 1.42. The van der Waals surface area contributed by atoms with Crippen LogP contribution < -0.4 is 0 Å². The lowest BCUT2D eigenvalue weighted by Gasteiger charge is -2.25. The van der Waals surface area contributed by atoms with Crippen molar-refractivity contribution in [2.24, 2.45) is 0 Å². The van der Waals surface area contributed by atoms with Gasteiger partial charge in [0.05, 0.1) is 13.2 Å². The van der Waals surface area contributed by atoms with Gasteiger partial charge in [0.1, 0.15) is 0 Å². The lowest BCUT2D eigenvalue weighted by atomic mass is 10.2. The number of pyridine rings is 1. The highest BCUT2D eigenvalue weighted by Gasteiger charge is 2.18. The SMILES string of the molecule is CCCOC(=O)N(Cc1cccnc1)C(C)C. The van der Waals surface area contributed by atoms with Crippen molar-refractivity contribution in [1.82, 2.24) is 9.88 Å². The van der Waals surface area contributed by atoms with Crippen molar-refractivity contribution < 1.29 is 9.53 Å². The van der Waals surface area contributed by atoms with Crippen LogP contribution in [0.5, 0.6) is 0 Å². The summed E-state index contributed by atoms with van der Waals surface area (Å²) in [6.07, 6.45) is 4.07. The van der Waals surface area contributed by atoms with Gasteiger partial charge in [-0.1, -0.05) is 13.0 Å². The van der Waals surface area contributed by atoms with Crippen molar-refractivity contribution >= 4 is 6.09 Å². The summed E-state index contributed by atoms with van der Waals surface area (Å²) in [5, 5.41) is 0. The van der Waals surface area contributed by atoms with E-state index in [1.165, 1.54) is 0 Å². The second-order valence-corrected chi connectivity index (χ2v) is 4.20. The van der Waals surface area contributed by atoms with E-state index in [1.807, 2.05) is 32.9 Å². The summed E-state index contributed by atoms with van der Waals surface area (Å²) >= 11 is 0. The molecule has 0 aliphatic carbocycles. The molecule has 1 heterocycles. The second-order valence-electron chi connectivity index (χ2n) is 4.20. The average molecular weight is 236 g/mol. The Hall–Kier alpha value is -1.58. The van der Waals surface area contributed by atoms with E-state index >= 15 is 0 Å². The second kappa shape index (κ2) is 6.89. The molecule has 0 saturated carbocycles. The number of rotatable bonds is 5. The number of carbonyl (C=O) groups excluding carboxylic acids is 1. The molecule has 0 N–H and O–H groups in total. The highest BCUT2D eigenvalue weighted by molar-refractivity contribution is 5.68. The van der Waals surface area contributed by atoms with Crippen molar-refractivity contribution in [3.8, 4) is 0 Å². The van der Waals surface area contributed by atoms with E-state index in [0.717, 1.165) is 12.0 Å². The van der Waals surface area contributed by atoms with Gasteiger partial charge in [0.15, 0.2) is 0 Å². The highest BCUT2D eigenvalue weighted by atomic mass is 16.6. The van der Waals surface area contributed by atoms with E-state index in [-0.39, 0.29) is 12.1 Å². The fourth-order valence-electron chi connectivity index (χ4n) is 1.42. The Morgan fingerprint density at radius 2 is 2.29 bits per heavy atom. The third kappa shape index (κ3) is 4.43. The number of hydrogen-bond donors (Lipinski definition) is 0. The molecule has 1 rings (SSSR count). The Morgan fingerprint density at radius 3 is 2.82 bits per heavy atom. The van der Waals surface area contributed by atoms with Crippen molar-refractivity contribution in [2.45, 2.75) is 39.8 Å². The first kappa shape index (κ1) is 13.5. The van der Waals surface area contributed by atoms with Gasteiger partial charge in [0, 0.05) is 18.4 Å². The van der Waals surface area contributed by atoms with Gasteiger partial charge in [-0.25, -0.2) is 4.79 Å². The van der Waals surface area contributed by atoms with Crippen LogP contribution in [0.3, 0.4) is 0 Å². The number of aromatic nitrogens is 1. The van der Waals surface area contributed by atoms with Crippen LogP contribution in [-0.4, -0.2) is 28.6 Å². The molecule has 0 atom stereocenters. The fraction of sp³-hybridized carbons (Fsp3) is 0.538. The minimum atomic E-state index is -0.259. The standard InChI is InChI=1S/C13H20N2O2/c1-4-8-17-13(16)15(11(2)3)10-12-6-5-7-14-9-12/h5-7,9,11H,4,8,10H2,1-3H3. The van der Waals surface area contributed by atoms with E-state index in [4.69, 9.17) is 4.74 Å². The first-order valence-corrected chi connectivity index (χ1v) is 5.97. The summed E-state index contributed by atoms with van der Waals surface area (Å²) < 4.78 is 5.15. The van der Waals surface area contributed by atoms with Gasteiger partial charge in [-0.15, -0.1) is 0 Å². The molecule has 1 aromatic rings. The molecule has 0 bridgehead atoms. The molecule has 17 heavy (non-hydrogen) atoms. The summed E-state index contributed by atoms with van der Waals surface area (Å²) in [6.45, 7) is 6.93. The predicted molar refractivity (Wildman–Crippen MR) is 66.6 cm³/mol. The molecule has 0 spiro atoms. The first-order valence-electron chi connectivity index (χ1n) is 5.97. The molecule has 1 aromatic heterocycles. The van der Waals surface area contributed by atoms with Gasteiger partial charge in [0.2, 0.25) is 0 Å². The van der Waals surface area contributed by atoms with Crippen LogP contribution in [0.4, 0.5) is 4.79 Å². The lowest BCUT2D eigenvalue weighted by molar-refractivity contribution is 0.0886. The van der Waals surface area contributed by atoms with Gasteiger partial charge >= 0.3 is 6.09 Å². The van der Waals surface area contributed by atoms with Gasteiger partial charge < -0.3 is 9.64 Å². The number of nitrogens with zero attached hydrogens (tertiary/aromatic N) is 2. The van der Waals surface area contributed by atoms with Gasteiger partial charge in [-0.05, 0) is 31.9 Å². The molecule has 4 heteroatoms. The summed E-state index contributed by atoms with van der Waals surface area (Å²) in [4.78, 5) is 17.6. The van der Waals surface area contributed by atoms with E-state index < -0.39 is 0 Å². The van der Waals surface area contributed by atoms with Crippen LogP contribution in [0.2, 0.25) is 0 Å². The van der Waals surface area contributed by atoms with Crippen molar-refractivity contribution in [3.05, 3.63) is 30.1 Å². The first-order chi connectivity index (χ1) is 8.15. The van der Waals surface area contributed by atoms with Crippen molar-refractivity contribution in [3.63, 3.8) is 0 Å². The van der Waals surface area contributed by atoms with Crippen LogP contribution in [0.25, 0.3) is 0 Å². The molecule has 4 nitrogen and oxygen atoms in total. The van der Waals surface area contributed by atoms with Gasteiger partial charge in [-0.2, -0.15) is 0 Å². The van der Waals surface area contributed by atoms with E-state index in [0.29, 0.717) is 13.2 Å². The molecule has 0 radical (unpaired) electrons. The molecule has 0 unspecified atom stereocenters. The van der Waals surface area contributed by atoms with Crippen molar-refractivity contribution in [2.75, 3.05) is 6.61 Å². The molecule has 0 fully saturated rings.